The van der Waals surface area contributed by atoms with Crippen LogP contribution >= 0.6 is 0 Å². The molecule has 1 unspecified atom stereocenters. The number of rotatable bonds is 55. The molecule has 0 aliphatic rings. The number of allylic oxidation sites excluding steroid dienone is 16. The molecule has 0 bridgehead atoms. The Morgan fingerprint density at radius 2 is 0.534 bits per heavy atom. The van der Waals surface area contributed by atoms with E-state index in [-0.39, 0.29) is 31.1 Å². The van der Waals surface area contributed by atoms with Crippen LogP contribution in [0.1, 0.15) is 290 Å². The van der Waals surface area contributed by atoms with Crippen molar-refractivity contribution in [1.82, 2.24) is 0 Å². The maximum absolute atomic E-state index is 12.9. The van der Waals surface area contributed by atoms with Crippen molar-refractivity contribution in [3.05, 3.63) is 97.2 Å². The molecule has 0 radical (unpaired) electrons. The van der Waals surface area contributed by atoms with Gasteiger partial charge in [0, 0.05) is 19.3 Å². The second-order valence-electron chi connectivity index (χ2n) is 20.2. The SMILES string of the molecule is CC/C=C\C/C=C\C/C=C\C/C=C\C/C=C\C/C=C\CCCCC(=O)OCC(COC(=O)CCCCCCCCCCCCCCC)OC(=O)CCCCCCCCCCC/C=C\C/C=C\CCCCCCC. The highest BCUT2D eigenvalue weighted by Crippen LogP contribution is 2.16. The number of unbranched alkanes of at least 4 members (excludes halogenated alkanes) is 28. The number of hydrogen-bond donors (Lipinski definition) is 0. The highest BCUT2D eigenvalue weighted by molar-refractivity contribution is 5.71. The van der Waals surface area contributed by atoms with E-state index in [1.807, 2.05) is 0 Å². The summed E-state index contributed by atoms with van der Waals surface area (Å²) in [6, 6.07) is 0. The van der Waals surface area contributed by atoms with Crippen LogP contribution in [0.4, 0.5) is 0 Å². The highest BCUT2D eigenvalue weighted by Gasteiger charge is 2.19. The zero-order valence-electron chi connectivity index (χ0n) is 47.9. The summed E-state index contributed by atoms with van der Waals surface area (Å²) >= 11 is 0. The van der Waals surface area contributed by atoms with Crippen molar-refractivity contribution in [2.45, 2.75) is 297 Å². The van der Waals surface area contributed by atoms with Crippen LogP contribution in [0.5, 0.6) is 0 Å². The Hall–Kier alpha value is -3.67. The molecule has 6 heteroatoms. The molecule has 0 aromatic heterocycles. The topological polar surface area (TPSA) is 78.9 Å². The van der Waals surface area contributed by atoms with Gasteiger partial charge in [-0.25, -0.2) is 0 Å². The van der Waals surface area contributed by atoms with Crippen molar-refractivity contribution in [1.29, 1.82) is 0 Å². The molecule has 1 atom stereocenters. The molecule has 0 rings (SSSR count). The average molecular weight is 1020 g/mol. The van der Waals surface area contributed by atoms with Gasteiger partial charge in [0.2, 0.25) is 0 Å². The molecule has 73 heavy (non-hydrogen) atoms. The minimum atomic E-state index is -0.798. The Balaban J connectivity index is 4.44. The summed E-state index contributed by atoms with van der Waals surface area (Å²) in [5, 5.41) is 0. The number of hydrogen-bond acceptors (Lipinski definition) is 6. The van der Waals surface area contributed by atoms with Crippen LogP contribution in [0.25, 0.3) is 0 Å². The molecule has 6 nitrogen and oxygen atoms in total. The fraction of sp³-hybridized carbons (Fsp3) is 0.716. The van der Waals surface area contributed by atoms with Gasteiger partial charge in [0.25, 0.3) is 0 Å². The van der Waals surface area contributed by atoms with E-state index in [1.165, 1.54) is 148 Å². The molecule has 418 valence electrons. The molecule has 0 heterocycles. The minimum Gasteiger partial charge on any atom is -0.462 e. The third kappa shape index (κ3) is 59.1. The Labute approximate surface area is 451 Å². The maximum atomic E-state index is 12.9. The van der Waals surface area contributed by atoms with Crippen LogP contribution in [0.2, 0.25) is 0 Å². The number of ether oxygens (including phenoxy) is 3. The minimum absolute atomic E-state index is 0.0913. The van der Waals surface area contributed by atoms with Crippen molar-refractivity contribution in [3.63, 3.8) is 0 Å². The van der Waals surface area contributed by atoms with E-state index in [0.717, 1.165) is 103 Å². The van der Waals surface area contributed by atoms with Gasteiger partial charge in [0.1, 0.15) is 13.2 Å². The van der Waals surface area contributed by atoms with Gasteiger partial charge in [-0.1, -0.05) is 266 Å². The van der Waals surface area contributed by atoms with Gasteiger partial charge in [-0.2, -0.15) is 0 Å². The summed E-state index contributed by atoms with van der Waals surface area (Å²) in [5.74, 6) is -0.933. The maximum Gasteiger partial charge on any atom is 0.306 e. The van der Waals surface area contributed by atoms with Crippen LogP contribution in [0, 0.1) is 0 Å². The molecule has 0 saturated heterocycles. The summed E-state index contributed by atoms with van der Waals surface area (Å²) in [6.07, 6.45) is 81.2. The van der Waals surface area contributed by atoms with Crippen molar-refractivity contribution in [2.75, 3.05) is 13.2 Å². The first-order chi connectivity index (χ1) is 36.0. The molecule has 0 aliphatic carbocycles. The van der Waals surface area contributed by atoms with E-state index in [9.17, 15) is 14.4 Å². The molecule has 0 amide bonds. The Morgan fingerprint density at radius 3 is 0.863 bits per heavy atom. The van der Waals surface area contributed by atoms with Crippen molar-refractivity contribution in [2.24, 2.45) is 0 Å². The first kappa shape index (κ1) is 69.3. The van der Waals surface area contributed by atoms with Crippen LogP contribution in [0.15, 0.2) is 97.2 Å². The van der Waals surface area contributed by atoms with E-state index < -0.39 is 6.10 Å². The Kier molecular flexibility index (Phi) is 57.8. The van der Waals surface area contributed by atoms with Gasteiger partial charge in [0.15, 0.2) is 6.10 Å². The normalized spacial score (nSPS) is 12.8. The lowest BCUT2D eigenvalue weighted by Gasteiger charge is -2.18. The lowest BCUT2D eigenvalue weighted by Crippen LogP contribution is -2.30. The number of esters is 3. The van der Waals surface area contributed by atoms with Gasteiger partial charge in [0.05, 0.1) is 0 Å². The van der Waals surface area contributed by atoms with E-state index >= 15 is 0 Å². The van der Waals surface area contributed by atoms with Gasteiger partial charge in [-0.05, 0) is 103 Å². The predicted octanol–water partition coefficient (Wildman–Crippen LogP) is 20.9. The molecule has 0 fully saturated rings. The Bertz CT molecular complexity index is 1440. The fourth-order valence-electron chi connectivity index (χ4n) is 8.48. The molecule has 0 saturated carbocycles. The number of carbonyl (C=O) groups is 3. The molecular weight excluding hydrogens is 901 g/mol. The lowest BCUT2D eigenvalue weighted by molar-refractivity contribution is -0.167. The predicted molar refractivity (Wildman–Crippen MR) is 316 cm³/mol. The molecule has 0 aromatic rings. The standard InChI is InChI=1S/C67H114O6/c1-4-7-10-13-16-19-22-25-27-29-31-33-35-37-39-42-45-48-51-54-57-60-66(69)72-63-64(62-71-65(68)59-56-53-50-47-44-41-24-21-18-15-12-9-6-3)73-67(70)61-58-55-52-49-46-43-40-38-36-34-32-30-28-26-23-20-17-14-11-8-5-2/h7,10,16,19,23,25-27,30-33,37,39,45,48,64H,4-6,8-9,11-15,17-18,20-22,24,28-29,34-36,38,40-44,46-47,49-63H2,1-3H3/b10-7-,19-16-,26-23-,27-25-,32-30-,33-31-,39-37-,48-45-. The lowest BCUT2D eigenvalue weighted by atomic mass is 10.0. The molecule has 0 aliphatic heterocycles. The van der Waals surface area contributed by atoms with Crippen molar-refractivity contribution < 1.29 is 28.6 Å². The van der Waals surface area contributed by atoms with Gasteiger partial charge < -0.3 is 14.2 Å². The van der Waals surface area contributed by atoms with Crippen LogP contribution < -0.4 is 0 Å². The van der Waals surface area contributed by atoms with Crippen molar-refractivity contribution >= 4 is 17.9 Å². The largest absolute Gasteiger partial charge is 0.462 e. The first-order valence-electron chi connectivity index (χ1n) is 30.7. The van der Waals surface area contributed by atoms with E-state index in [4.69, 9.17) is 14.2 Å². The molecular formula is C67H114O6. The van der Waals surface area contributed by atoms with E-state index in [1.54, 1.807) is 0 Å². The summed E-state index contributed by atoms with van der Waals surface area (Å²) in [7, 11) is 0. The second-order valence-corrected chi connectivity index (χ2v) is 20.2. The number of carbonyl (C=O) groups excluding carboxylic acids is 3. The first-order valence-corrected chi connectivity index (χ1v) is 30.7. The van der Waals surface area contributed by atoms with Crippen molar-refractivity contribution in [3.8, 4) is 0 Å². The Morgan fingerprint density at radius 1 is 0.288 bits per heavy atom. The fourth-order valence-corrected chi connectivity index (χ4v) is 8.48. The van der Waals surface area contributed by atoms with Crippen LogP contribution in [0.3, 0.4) is 0 Å². The molecule has 0 spiro atoms. The summed E-state index contributed by atoms with van der Waals surface area (Å²) in [4.78, 5) is 38.2. The van der Waals surface area contributed by atoms with Gasteiger partial charge in [-0.15, -0.1) is 0 Å². The van der Waals surface area contributed by atoms with E-state index in [0.29, 0.717) is 19.3 Å². The summed E-state index contributed by atoms with van der Waals surface area (Å²) in [5.41, 5.74) is 0. The quantitative estimate of drug-likeness (QED) is 0.0261. The highest BCUT2D eigenvalue weighted by atomic mass is 16.6. The molecule has 0 N–H and O–H groups in total. The summed E-state index contributed by atoms with van der Waals surface area (Å²) in [6.45, 7) is 6.49. The van der Waals surface area contributed by atoms with Gasteiger partial charge >= 0.3 is 17.9 Å². The third-order valence-electron chi connectivity index (χ3n) is 13.1. The average Bonchev–Trinajstić information content (AvgIpc) is 3.39. The van der Waals surface area contributed by atoms with E-state index in [2.05, 4.69) is 118 Å². The summed E-state index contributed by atoms with van der Waals surface area (Å²) < 4.78 is 16.9. The van der Waals surface area contributed by atoms with Crippen LogP contribution in [-0.2, 0) is 28.6 Å². The van der Waals surface area contributed by atoms with Crippen LogP contribution in [-0.4, -0.2) is 37.2 Å². The van der Waals surface area contributed by atoms with Gasteiger partial charge in [-0.3, -0.25) is 14.4 Å². The molecule has 0 aromatic carbocycles. The second kappa shape index (κ2) is 60.9. The smallest absolute Gasteiger partial charge is 0.306 e. The zero-order valence-corrected chi connectivity index (χ0v) is 47.9. The third-order valence-corrected chi connectivity index (χ3v) is 13.1. The zero-order chi connectivity index (χ0) is 52.9. The monoisotopic (exact) mass is 1010 g/mol.